The monoisotopic (exact) mass is 410 g/mol. The minimum atomic E-state index is 0.833. The molecule has 0 saturated carbocycles. The highest BCUT2D eigenvalue weighted by Crippen LogP contribution is 2.55. The molecule has 5 aromatic rings. The lowest BCUT2D eigenvalue weighted by Crippen LogP contribution is -1.98. The van der Waals surface area contributed by atoms with Crippen LogP contribution in [0.25, 0.3) is 42.4 Å². The Bertz CT molecular complexity index is 1440. The molecule has 7 rings (SSSR count). The van der Waals surface area contributed by atoms with Gasteiger partial charge in [0.25, 0.3) is 0 Å². The number of benzene rings is 3. The van der Waals surface area contributed by atoms with Crippen LogP contribution in [-0.2, 0) is 19.3 Å². The summed E-state index contributed by atoms with van der Waals surface area (Å²) in [6.45, 7) is 0.833. The third-order valence-electron chi connectivity index (χ3n) is 6.32. The summed E-state index contributed by atoms with van der Waals surface area (Å²) in [5.74, 6) is 1.09. The minimum Gasteiger partial charge on any atom is -0.493 e. The second-order valence-corrected chi connectivity index (χ2v) is 10.0. The Labute approximate surface area is 177 Å². The molecule has 0 amide bonds. The van der Waals surface area contributed by atoms with E-state index in [0.717, 1.165) is 31.6 Å². The Hall–Kier alpha value is -2.62. The van der Waals surface area contributed by atoms with Gasteiger partial charge in [-0.2, -0.15) is 0 Å². The van der Waals surface area contributed by atoms with Crippen molar-refractivity contribution in [2.75, 3.05) is 6.61 Å². The van der Waals surface area contributed by atoms with Crippen molar-refractivity contribution in [2.24, 2.45) is 0 Å². The molecule has 0 unspecified atom stereocenters. The van der Waals surface area contributed by atoms with E-state index in [4.69, 9.17) is 4.74 Å². The zero-order valence-electron chi connectivity index (χ0n) is 15.8. The fourth-order valence-corrected chi connectivity index (χ4v) is 7.01. The van der Waals surface area contributed by atoms with Crippen molar-refractivity contribution in [3.05, 3.63) is 76.0 Å². The number of thiophene rings is 2. The van der Waals surface area contributed by atoms with E-state index in [-0.39, 0.29) is 0 Å². The van der Waals surface area contributed by atoms with E-state index in [9.17, 15) is 0 Å². The van der Waals surface area contributed by atoms with Gasteiger partial charge in [-0.1, -0.05) is 36.4 Å². The van der Waals surface area contributed by atoms with Gasteiger partial charge in [-0.3, -0.25) is 0 Å². The number of hydrogen-bond acceptors (Lipinski definition) is 3. The zero-order valence-corrected chi connectivity index (χ0v) is 17.5. The van der Waals surface area contributed by atoms with Crippen LogP contribution in [0.2, 0.25) is 0 Å². The summed E-state index contributed by atoms with van der Waals surface area (Å²) < 4.78 is 8.63. The average molecular weight is 411 g/mol. The highest BCUT2D eigenvalue weighted by molar-refractivity contribution is 7.20. The Morgan fingerprint density at radius 3 is 2.59 bits per heavy atom. The van der Waals surface area contributed by atoms with Crippen LogP contribution < -0.4 is 4.74 Å². The van der Waals surface area contributed by atoms with Crippen LogP contribution in [0.3, 0.4) is 0 Å². The first-order valence-corrected chi connectivity index (χ1v) is 11.9. The van der Waals surface area contributed by atoms with Crippen molar-refractivity contribution in [3.63, 3.8) is 0 Å². The Morgan fingerprint density at radius 2 is 1.66 bits per heavy atom. The molecule has 0 bridgehead atoms. The van der Waals surface area contributed by atoms with Gasteiger partial charge in [0, 0.05) is 31.8 Å². The van der Waals surface area contributed by atoms with Crippen LogP contribution in [0.1, 0.15) is 16.0 Å². The lowest BCUT2D eigenvalue weighted by Gasteiger charge is -2.25. The van der Waals surface area contributed by atoms with Gasteiger partial charge in [0.1, 0.15) is 5.75 Å². The first-order chi connectivity index (χ1) is 14.3. The second kappa shape index (κ2) is 5.94. The van der Waals surface area contributed by atoms with Crippen LogP contribution in [0.4, 0.5) is 0 Å². The van der Waals surface area contributed by atoms with Crippen LogP contribution in [0.5, 0.6) is 5.75 Å². The summed E-state index contributed by atoms with van der Waals surface area (Å²) >= 11 is 3.84. The topological polar surface area (TPSA) is 9.23 Å². The van der Waals surface area contributed by atoms with Crippen LogP contribution >= 0.6 is 22.7 Å². The standard InChI is InChI=1S/C26H18OS2/c1-3-16-9-11-27-22(16)13-15(1)2-6-19-14-18-5-8-21-23-20(24(21)26(18)29-19)7-4-17-10-12-28-25(17)23/h1,3-5,7-8,10,12-14H,2,6,9,11H2. The van der Waals surface area contributed by atoms with E-state index in [1.165, 1.54) is 58.4 Å². The maximum absolute atomic E-state index is 5.74. The maximum Gasteiger partial charge on any atom is 0.122 e. The normalized spacial score (nSPS) is 13.8. The van der Waals surface area contributed by atoms with Crippen LogP contribution in [0.15, 0.2) is 60.0 Å². The molecule has 2 aromatic heterocycles. The molecule has 0 saturated heterocycles. The minimum absolute atomic E-state index is 0.833. The molecule has 0 radical (unpaired) electrons. The van der Waals surface area contributed by atoms with E-state index in [1.807, 2.05) is 22.7 Å². The van der Waals surface area contributed by atoms with Gasteiger partial charge >= 0.3 is 0 Å². The summed E-state index contributed by atoms with van der Waals surface area (Å²) in [5, 5.41) is 4.96. The number of hydrogen-bond donors (Lipinski definition) is 0. The number of ether oxygens (including phenoxy) is 1. The van der Waals surface area contributed by atoms with Crippen molar-refractivity contribution >= 4 is 42.8 Å². The summed E-state index contributed by atoms with van der Waals surface area (Å²) in [6, 6.07) is 20.6. The van der Waals surface area contributed by atoms with E-state index in [1.54, 1.807) is 0 Å². The molecule has 3 heteroatoms. The van der Waals surface area contributed by atoms with Crippen LogP contribution in [-0.4, -0.2) is 6.61 Å². The smallest absolute Gasteiger partial charge is 0.122 e. The fourth-order valence-electron chi connectivity index (χ4n) is 4.83. The third kappa shape index (κ3) is 2.32. The van der Waals surface area contributed by atoms with E-state index in [0.29, 0.717) is 0 Å². The van der Waals surface area contributed by atoms with Crippen molar-refractivity contribution < 1.29 is 4.74 Å². The predicted molar refractivity (Wildman–Crippen MR) is 125 cm³/mol. The van der Waals surface area contributed by atoms with Crippen molar-refractivity contribution in [3.8, 4) is 28.0 Å². The molecule has 0 atom stereocenters. The van der Waals surface area contributed by atoms with Crippen molar-refractivity contribution in [1.29, 1.82) is 0 Å². The number of aryl methyl sites for hydroxylation is 2. The molecule has 0 spiro atoms. The first kappa shape index (κ1) is 16.2. The SMILES string of the molecule is c1cc2ccc3c(c2s1)-c1ccc2cc(CCc4ccc5c(c4)OCC5)sc2c1-3. The summed E-state index contributed by atoms with van der Waals surface area (Å²) in [7, 11) is 0. The molecular formula is C26H18OS2. The predicted octanol–water partition coefficient (Wildman–Crippen LogP) is 7.48. The molecule has 3 heterocycles. The molecule has 140 valence electrons. The van der Waals surface area contributed by atoms with Gasteiger partial charge in [0.05, 0.1) is 6.61 Å². The summed E-state index contributed by atoms with van der Waals surface area (Å²) in [5.41, 5.74) is 8.53. The van der Waals surface area contributed by atoms with E-state index < -0.39 is 0 Å². The van der Waals surface area contributed by atoms with E-state index >= 15 is 0 Å². The summed E-state index contributed by atoms with van der Waals surface area (Å²) in [6.07, 6.45) is 3.21. The highest BCUT2D eigenvalue weighted by atomic mass is 32.1. The molecule has 29 heavy (non-hydrogen) atoms. The highest BCUT2D eigenvalue weighted by Gasteiger charge is 2.28. The van der Waals surface area contributed by atoms with Crippen molar-refractivity contribution in [1.82, 2.24) is 0 Å². The largest absolute Gasteiger partial charge is 0.493 e. The van der Waals surface area contributed by atoms with Crippen LogP contribution in [0, 0.1) is 0 Å². The van der Waals surface area contributed by atoms with Gasteiger partial charge in [0.2, 0.25) is 0 Å². The molecule has 2 aliphatic rings. The lowest BCUT2D eigenvalue weighted by atomic mass is 9.79. The first-order valence-electron chi connectivity index (χ1n) is 10.2. The quantitative estimate of drug-likeness (QED) is 0.294. The van der Waals surface area contributed by atoms with Gasteiger partial charge in [-0.05, 0) is 69.4 Å². The number of rotatable bonds is 3. The molecule has 1 aliphatic heterocycles. The van der Waals surface area contributed by atoms with Gasteiger partial charge in [-0.25, -0.2) is 0 Å². The Morgan fingerprint density at radius 1 is 0.793 bits per heavy atom. The Balaban J connectivity index is 1.23. The van der Waals surface area contributed by atoms with Gasteiger partial charge < -0.3 is 4.74 Å². The zero-order chi connectivity index (χ0) is 18.9. The summed E-state index contributed by atoms with van der Waals surface area (Å²) in [4.78, 5) is 1.47. The average Bonchev–Trinajstić information content (AvgIpc) is 3.46. The third-order valence-corrected chi connectivity index (χ3v) is 8.49. The molecule has 0 fully saturated rings. The second-order valence-electron chi connectivity index (χ2n) is 7.99. The fraction of sp³-hybridized carbons (Fsp3) is 0.154. The van der Waals surface area contributed by atoms with Crippen molar-refractivity contribution in [2.45, 2.75) is 19.3 Å². The lowest BCUT2D eigenvalue weighted by molar-refractivity contribution is 0.356. The van der Waals surface area contributed by atoms with Gasteiger partial charge in [0.15, 0.2) is 0 Å². The molecule has 0 N–H and O–H groups in total. The van der Waals surface area contributed by atoms with E-state index in [2.05, 4.69) is 60.0 Å². The molecule has 1 aliphatic carbocycles. The molecular weight excluding hydrogens is 392 g/mol. The number of fused-ring (bicyclic) bond motifs is 9. The molecule has 1 nitrogen and oxygen atoms in total. The maximum atomic E-state index is 5.74. The molecule has 3 aromatic carbocycles. The Kier molecular flexibility index (Phi) is 3.32. The van der Waals surface area contributed by atoms with Gasteiger partial charge in [-0.15, -0.1) is 22.7 Å².